The molecule has 2 N–H and O–H groups in total. The lowest BCUT2D eigenvalue weighted by Gasteiger charge is -2.13. The second-order valence-electron chi connectivity index (χ2n) is 3.53. The van der Waals surface area contributed by atoms with E-state index in [0.29, 0.717) is 6.42 Å². The highest BCUT2D eigenvalue weighted by atomic mass is 35.5. The van der Waals surface area contributed by atoms with Crippen molar-refractivity contribution >= 4 is 36.8 Å². The number of hydrogen-bond donors (Lipinski definition) is 2. The molecule has 1 rings (SSSR count). The van der Waals surface area contributed by atoms with Crippen molar-refractivity contribution in [2.24, 2.45) is 0 Å². The van der Waals surface area contributed by atoms with Crippen LogP contribution in [0.1, 0.15) is 12.6 Å². The third-order valence-corrected chi connectivity index (χ3v) is 2.25. The number of aromatic nitrogens is 2. The Hall–Kier alpha value is -1.31. The van der Waals surface area contributed by atoms with Crippen molar-refractivity contribution in [2.75, 3.05) is 20.3 Å². The largest absolute Gasteiger partial charge is 0.463 e. The molecule has 0 saturated carbocycles. The number of halogens is 2. The van der Waals surface area contributed by atoms with Gasteiger partial charge in [0, 0.05) is 18.3 Å². The number of carbonyl (C=O) groups is 2. The summed E-state index contributed by atoms with van der Waals surface area (Å²) < 4.78 is 9.51. The number of aromatic amines is 1. The highest BCUT2D eigenvalue weighted by Gasteiger charge is 2.20. The van der Waals surface area contributed by atoms with E-state index in [1.165, 1.54) is 6.33 Å². The maximum atomic E-state index is 11.7. The second kappa shape index (κ2) is 11.5. The van der Waals surface area contributed by atoms with Crippen LogP contribution in [0.25, 0.3) is 0 Å². The molecule has 1 aromatic rings. The smallest absolute Gasteiger partial charge is 0.344 e. The first-order valence-corrected chi connectivity index (χ1v) is 5.64. The summed E-state index contributed by atoms with van der Waals surface area (Å²) in [7, 11) is 1.65. The summed E-state index contributed by atoms with van der Waals surface area (Å²) in [6.07, 6.45) is 3.58. The molecule has 0 bridgehead atoms. The molecule has 0 aliphatic heterocycles. The van der Waals surface area contributed by atoms with E-state index in [1.807, 2.05) is 0 Å². The number of carbonyl (C=O) groups excluding carboxylic acids is 2. The number of hydrogen-bond acceptors (Lipinski definition) is 6. The number of ether oxygens (including phenoxy) is 2. The zero-order valence-electron chi connectivity index (χ0n) is 11.3. The maximum Gasteiger partial charge on any atom is 0.344 e. The van der Waals surface area contributed by atoms with Gasteiger partial charge in [-0.3, -0.25) is 4.79 Å². The summed E-state index contributed by atoms with van der Waals surface area (Å²) >= 11 is 0. The van der Waals surface area contributed by atoms with Crippen molar-refractivity contribution in [3.05, 3.63) is 18.2 Å². The minimum Gasteiger partial charge on any atom is -0.463 e. The topological polar surface area (TPSA) is 93.3 Å². The molecule has 0 aromatic carbocycles. The van der Waals surface area contributed by atoms with Crippen molar-refractivity contribution in [3.63, 3.8) is 0 Å². The van der Waals surface area contributed by atoms with Crippen LogP contribution in [0.3, 0.4) is 0 Å². The molecule has 0 aliphatic carbocycles. The summed E-state index contributed by atoms with van der Waals surface area (Å²) in [4.78, 5) is 29.5. The third kappa shape index (κ3) is 7.32. The van der Waals surface area contributed by atoms with Crippen LogP contribution in [0.4, 0.5) is 0 Å². The molecule has 0 aliphatic rings. The van der Waals surface area contributed by atoms with Crippen LogP contribution < -0.4 is 5.32 Å². The Labute approximate surface area is 129 Å². The van der Waals surface area contributed by atoms with E-state index in [-0.39, 0.29) is 38.0 Å². The Bertz CT molecular complexity index is 387. The molecule has 7 nitrogen and oxygen atoms in total. The highest BCUT2D eigenvalue weighted by molar-refractivity contribution is 5.85. The number of H-pyrrole nitrogens is 1. The van der Waals surface area contributed by atoms with Gasteiger partial charge in [-0.05, 0) is 14.0 Å². The fourth-order valence-electron chi connectivity index (χ4n) is 1.35. The van der Waals surface area contributed by atoms with Crippen LogP contribution >= 0.6 is 24.8 Å². The Morgan fingerprint density at radius 2 is 2.10 bits per heavy atom. The third-order valence-electron chi connectivity index (χ3n) is 2.25. The van der Waals surface area contributed by atoms with E-state index in [4.69, 9.17) is 4.74 Å². The van der Waals surface area contributed by atoms with Gasteiger partial charge in [-0.1, -0.05) is 0 Å². The molecule has 0 amide bonds. The Morgan fingerprint density at radius 1 is 1.40 bits per heavy atom. The maximum absolute atomic E-state index is 11.7. The van der Waals surface area contributed by atoms with Crippen LogP contribution in [-0.4, -0.2) is 48.2 Å². The summed E-state index contributed by atoms with van der Waals surface area (Å²) in [6, 6.07) is -0.528. The monoisotopic (exact) mass is 327 g/mol. The molecule has 1 atom stereocenters. The summed E-state index contributed by atoms with van der Waals surface area (Å²) in [5, 5.41) is 2.82. The second-order valence-corrected chi connectivity index (χ2v) is 3.53. The van der Waals surface area contributed by atoms with Crippen molar-refractivity contribution < 1.29 is 19.1 Å². The molecule has 0 saturated heterocycles. The summed E-state index contributed by atoms with van der Waals surface area (Å²) in [5.41, 5.74) is 0.808. The molecule has 1 aromatic heterocycles. The van der Waals surface area contributed by atoms with E-state index in [2.05, 4.69) is 20.0 Å². The zero-order chi connectivity index (χ0) is 13.4. The van der Waals surface area contributed by atoms with Gasteiger partial charge in [0.1, 0.15) is 6.04 Å². The van der Waals surface area contributed by atoms with Gasteiger partial charge in [0.15, 0.2) is 6.61 Å². The van der Waals surface area contributed by atoms with Crippen molar-refractivity contribution in [3.8, 4) is 0 Å². The first-order chi connectivity index (χ1) is 8.67. The summed E-state index contributed by atoms with van der Waals surface area (Å²) in [6.45, 7) is 1.59. The average molecular weight is 328 g/mol. The Morgan fingerprint density at radius 3 is 2.60 bits per heavy atom. The van der Waals surface area contributed by atoms with Crippen LogP contribution in [0.15, 0.2) is 12.5 Å². The van der Waals surface area contributed by atoms with Gasteiger partial charge in [0.05, 0.1) is 12.9 Å². The van der Waals surface area contributed by atoms with Gasteiger partial charge in [-0.25, -0.2) is 9.78 Å². The fourth-order valence-corrected chi connectivity index (χ4v) is 1.35. The minimum atomic E-state index is -0.553. The van der Waals surface area contributed by atoms with E-state index < -0.39 is 18.0 Å². The van der Waals surface area contributed by atoms with Crippen molar-refractivity contribution in [1.29, 1.82) is 0 Å². The summed E-state index contributed by atoms with van der Waals surface area (Å²) in [5.74, 6) is -1.05. The predicted octanol–water partition coefficient (Wildman–Crippen LogP) is 0.490. The number of nitrogens with zero attached hydrogens (tertiary/aromatic N) is 1. The van der Waals surface area contributed by atoms with E-state index >= 15 is 0 Å². The normalized spacial score (nSPS) is 10.7. The Balaban J connectivity index is 0. The average Bonchev–Trinajstić information content (AvgIpc) is 2.86. The lowest BCUT2D eigenvalue weighted by molar-refractivity contribution is -0.159. The standard InChI is InChI=1S/C11H17N3O4.2ClH/c1-3-17-10(15)6-18-11(16)9(12-2)4-8-5-13-7-14-8;;/h5,7,9,12H,3-4,6H2,1-2H3,(H,13,14);2*1H/t9-;;/m0../s1. The van der Waals surface area contributed by atoms with Crippen molar-refractivity contribution in [1.82, 2.24) is 15.3 Å². The van der Waals surface area contributed by atoms with Gasteiger partial charge in [-0.15, -0.1) is 24.8 Å². The van der Waals surface area contributed by atoms with E-state index in [1.54, 1.807) is 20.2 Å². The van der Waals surface area contributed by atoms with Gasteiger partial charge in [0.25, 0.3) is 0 Å². The first kappa shape index (κ1) is 21.0. The molecule has 116 valence electrons. The number of likely N-dealkylation sites (N-methyl/N-ethyl adjacent to an activating group) is 1. The number of imidazole rings is 1. The van der Waals surface area contributed by atoms with Gasteiger partial charge in [-0.2, -0.15) is 0 Å². The molecule has 20 heavy (non-hydrogen) atoms. The molecule has 9 heteroatoms. The molecule has 0 unspecified atom stereocenters. The highest BCUT2D eigenvalue weighted by Crippen LogP contribution is 2.00. The fraction of sp³-hybridized carbons (Fsp3) is 0.545. The molecular weight excluding hydrogens is 309 g/mol. The van der Waals surface area contributed by atoms with Gasteiger partial charge >= 0.3 is 11.9 Å². The molecule has 1 heterocycles. The van der Waals surface area contributed by atoms with Gasteiger partial charge < -0.3 is 19.8 Å². The van der Waals surface area contributed by atoms with Gasteiger partial charge in [0.2, 0.25) is 0 Å². The molecule has 0 fully saturated rings. The zero-order valence-corrected chi connectivity index (χ0v) is 12.9. The van der Waals surface area contributed by atoms with Crippen LogP contribution in [-0.2, 0) is 25.5 Å². The lowest BCUT2D eigenvalue weighted by atomic mass is 10.2. The number of nitrogens with one attached hydrogen (secondary N) is 2. The molecular formula is C11H19Cl2N3O4. The van der Waals surface area contributed by atoms with Crippen molar-refractivity contribution in [2.45, 2.75) is 19.4 Å². The van der Waals surface area contributed by atoms with Crippen LogP contribution in [0.2, 0.25) is 0 Å². The molecule has 0 radical (unpaired) electrons. The SMILES string of the molecule is CCOC(=O)COC(=O)[C@H](Cc1cnc[nH]1)NC.Cl.Cl. The van der Waals surface area contributed by atoms with E-state index in [0.717, 1.165) is 5.69 Å². The molecule has 0 spiro atoms. The number of esters is 2. The quantitative estimate of drug-likeness (QED) is 0.708. The van der Waals surface area contributed by atoms with E-state index in [9.17, 15) is 9.59 Å². The number of rotatable bonds is 7. The van der Waals surface area contributed by atoms with Crippen LogP contribution in [0.5, 0.6) is 0 Å². The Kier molecular flexibility index (Phi) is 12.1. The predicted molar refractivity (Wildman–Crippen MR) is 77.2 cm³/mol. The minimum absolute atomic E-state index is 0. The van der Waals surface area contributed by atoms with Crippen LogP contribution in [0, 0.1) is 0 Å². The first-order valence-electron chi connectivity index (χ1n) is 5.64. The lowest BCUT2D eigenvalue weighted by Crippen LogP contribution is -2.38.